The Labute approximate surface area is 161 Å². The number of nitrogens with zero attached hydrogens (tertiary/aromatic N) is 5. The summed E-state index contributed by atoms with van der Waals surface area (Å²) in [6, 6.07) is -0.0149. The van der Waals surface area contributed by atoms with Crippen LogP contribution in [-0.4, -0.2) is 81.5 Å². The lowest BCUT2D eigenvalue weighted by atomic mass is 9.84. The van der Waals surface area contributed by atoms with Gasteiger partial charge in [-0.25, -0.2) is 0 Å². The van der Waals surface area contributed by atoms with E-state index in [9.17, 15) is 9.90 Å². The van der Waals surface area contributed by atoms with Crippen LogP contribution in [0.15, 0.2) is 12.4 Å². The molecule has 0 spiro atoms. The molecule has 2 aliphatic heterocycles. The number of carbonyl (C=O) groups excluding carboxylic acids is 1. The first-order valence-electron chi connectivity index (χ1n) is 10.5. The van der Waals surface area contributed by atoms with E-state index in [0.717, 1.165) is 83.5 Å². The van der Waals surface area contributed by atoms with Crippen LogP contribution in [0.2, 0.25) is 0 Å². The van der Waals surface area contributed by atoms with E-state index < -0.39 is 5.60 Å². The van der Waals surface area contributed by atoms with Crippen LogP contribution in [-0.2, 0) is 11.8 Å². The molecule has 0 radical (unpaired) electrons. The number of rotatable bonds is 4. The van der Waals surface area contributed by atoms with E-state index in [1.165, 1.54) is 6.42 Å². The predicted octanol–water partition coefficient (Wildman–Crippen LogP) is 1.23. The number of β-amino-alcohol motifs (C(OH)–C–C–N with tert-alkyl or cyclic N) is 1. The first kappa shape index (κ1) is 18.9. The largest absolute Gasteiger partial charge is 0.389 e. The number of piperidine rings is 1. The van der Waals surface area contributed by atoms with E-state index >= 15 is 0 Å². The van der Waals surface area contributed by atoms with Crippen LogP contribution in [0.3, 0.4) is 0 Å². The Bertz CT molecular complexity index is 647. The SMILES string of the molecule is Cn1cc(N2CCCC(N3CCN(CC4(O)CCCCC4)CC3)C2=O)cn1. The van der Waals surface area contributed by atoms with E-state index in [2.05, 4.69) is 14.9 Å². The standard InChI is InChI=1S/C20H33N5O2/c1-22-15-17(14-21-22)25-9-5-6-18(19(25)26)24-12-10-23(11-13-24)16-20(27)7-3-2-4-8-20/h14-15,18,27H,2-13,16H2,1H3. The number of piperazine rings is 1. The van der Waals surface area contributed by atoms with Crippen molar-refractivity contribution in [2.45, 2.75) is 56.6 Å². The van der Waals surface area contributed by atoms with Crippen molar-refractivity contribution in [3.05, 3.63) is 12.4 Å². The molecule has 0 bridgehead atoms. The van der Waals surface area contributed by atoms with Crippen molar-refractivity contribution < 1.29 is 9.90 Å². The number of amides is 1. The number of aromatic nitrogens is 2. The zero-order valence-corrected chi connectivity index (χ0v) is 16.5. The summed E-state index contributed by atoms with van der Waals surface area (Å²) in [6.45, 7) is 5.29. The average molecular weight is 376 g/mol. The monoisotopic (exact) mass is 375 g/mol. The first-order chi connectivity index (χ1) is 13.0. The van der Waals surface area contributed by atoms with Crippen molar-refractivity contribution in [1.29, 1.82) is 0 Å². The zero-order chi connectivity index (χ0) is 18.9. The normalized spacial score (nSPS) is 27.9. The molecule has 0 aromatic carbocycles. The van der Waals surface area contributed by atoms with E-state index in [0.29, 0.717) is 0 Å². The summed E-state index contributed by atoms with van der Waals surface area (Å²) in [5, 5.41) is 15.0. The molecular formula is C20H33N5O2. The van der Waals surface area contributed by atoms with Crippen LogP contribution in [0.4, 0.5) is 5.69 Å². The van der Waals surface area contributed by atoms with Gasteiger partial charge in [-0.2, -0.15) is 5.10 Å². The third kappa shape index (κ3) is 4.20. The summed E-state index contributed by atoms with van der Waals surface area (Å²) in [7, 11) is 1.88. The number of aryl methyl sites for hydroxylation is 1. The highest BCUT2D eigenvalue weighted by Crippen LogP contribution is 2.30. The number of anilines is 1. The fourth-order valence-electron chi connectivity index (χ4n) is 5.02. The van der Waals surface area contributed by atoms with Gasteiger partial charge < -0.3 is 10.0 Å². The first-order valence-corrected chi connectivity index (χ1v) is 10.5. The van der Waals surface area contributed by atoms with Crippen molar-refractivity contribution in [2.75, 3.05) is 44.2 Å². The van der Waals surface area contributed by atoms with Crippen molar-refractivity contribution in [1.82, 2.24) is 19.6 Å². The Hall–Kier alpha value is -1.44. The van der Waals surface area contributed by atoms with E-state index in [4.69, 9.17) is 0 Å². The summed E-state index contributed by atoms with van der Waals surface area (Å²) in [5.41, 5.74) is 0.420. The van der Waals surface area contributed by atoms with Gasteiger partial charge in [0, 0.05) is 52.5 Å². The Morgan fingerprint density at radius 3 is 2.52 bits per heavy atom. The lowest BCUT2D eigenvalue weighted by molar-refractivity contribution is -0.126. The minimum Gasteiger partial charge on any atom is -0.389 e. The number of hydrogen-bond donors (Lipinski definition) is 1. The number of aliphatic hydroxyl groups is 1. The molecule has 1 saturated carbocycles. The summed E-state index contributed by atoms with van der Waals surface area (Å²) in [6.07, 6.45) is 11.1. The van der Waals surface area contributed by atoms with Crippen molar-refractivity contribution in [3.63, 3.8) is 0 Å². The van der Waals surface area contributed by atoms with Crippen LogP contribution >= 0.6 is 0 Å². The van der Waals surface area contributed by atoms with Gasteiger partial charge in [-0.05, 0) is 25.7 Å². The highest BCUT2D eigenvalue weighted by Gasteiger charge is 2.37. The minimum atomic E-state index is -0.488. The lowest BCUT2D eigenvalue weighted by Gasteiger charge is -2.44. The summed E-state index contributed by atoms with van der Waals surface area (Å²) in [4.78, 5) is 19.7. The second kappa shape index (κ2) is 7.89. The molecule has 4 rings (SSSR count). The van der Waals surface area contributed by atoms with Gasteiger partial charge in [-0.15, -0.1) is 0 Å². The molecule has 1 atom stereocenters. The van der Waals surface area contributed by atoms with Gasteiger partial charge >= 0.3 is 0 Å². The maximum Gasteiger partial charge on any atom is 0.244 e. The molecule has 1 aliphatic carbocycles. The van der Waals surface area contributed by atoms with Crippen LogP contribution < -0.4 is 4.90 Å². The molecule has 7 nitrogen and oxygen atoms in total. The molecule has 2 saturated heterocycles. The highest BCUT2D eigenvalue weighted by atomic mass is 16.3. The molecule has 3 fully saturated rings. The number of hydrogen-bond acceptors (Lipinski definition) is 5. The topological polar surface area (TPSA) is 64.8 Å². The third-order valence-corrected chi connectivity index (χ3v) is 6.56. The molecule has 27 heavy (non-hydrogen) atoms. The fourth-order valence-corrected chi connectivity index (χ4v) is 5.02. The Morgan fingerprint density at radius 1 is 1.11 bits per heavy atom. The predicted molar refractivity (Wildman–Crippen MR) is 105 cm³/mol. The Morgan fingerprint density at radius 2 is 1.85 bits per heavy atom. The van der Waals surface area contributed by atoms with Gasteiger partial charge in [0.25, 0.3) is 0 Å². The quantitative estimate of drug-likeness (QED) is 0.858. The average Bonchev–Trinajstić information content (AvgIpc) is 3.09. The van der Waals surface area contributed by atoms with Crippen molar-refractivity contribution in [3.8, 4) is 0 Å². The second-order valence-corrected chi connectivity index (χ2v) is 8.62. The maximum absolute atomic E-state index is 13.1. The molecule has 1 aromatic heterocycles. The maximum atomic E-state index is 13.1. The molecule has 1 unspecified atom stereocenters. The van der Waals surface area contributed by atoms with Gasteiger partial charge in [-0.3, -0.25) is 19.3 Å². The lowest BCUT2D eigenvalue weighted by Crippen LogP contribution is -2.59. The molecule has 7 heteroatoms. The second-order valence-electron chi connectivity index (χ2n) is 8.62. The summed E-state index contributed by atoms with van der Waals surface area (Å²) in [5.74, 6) is 0.216. The molecular weight excluding hydrogens is 342 g/mol. The van der Waals surface area contributed by atoms with E-state index in [-0.39, 0.29) is 11.9 Å². The molecule has 3 aliphatic rings. The van der Waals surface area contributed by atoms with Crippen LogP contribution in [0.1, 0.15) is 44.9 Å². The summed E-state index contributed by atoms with van der Waals surface area (Å²) < 4.78 is 1.75. The molecule has 150 valence electrons. The van der Waals surface area contributed by atoms with Crippen LogP contribution in [0.5, 0.6) is 0 Å². The van der Waals surface area contributed by atoms with Gasteiger partial charge in [-0.1, -0.05) is 19.3 Å². The zero-order valence-electron chi connectivity index (χ0n) is 16.5. The van der Waals surface area contributed by atoms with Gasteiger partial charge in [0.1, 0.15) is 0 Å². The number of carbonyl (C=O) groups is 1. The smallest absolute Gasteiger partial charge is 0.244 e. The highest BCUT2D eigenvalue weighted by molar-refractivity contribution is 5.97. The van der Waals surface area contributed by atoms with E-state index in [1.807, 2.05) is 18.1 Å². The summed E-state index contributed by atoms with van der Waals surface area (Å²) >= 11 is 0. The van der Waals surface area contributed by atoms with Gasteiger partial charge in [0.05, 0.1) is 23.5 Å². The van der Waals surface area contributed by atoms with Crippen LogP contribution in [0, 0.1) is 0 Å². The molecule has 1 aromatic rings. The van der Waals surface area contributed by atoms with Crippen molar-refractivity contribution in [2.24, 2.45) is 7.05 Å². The van der Waals surface area contributed by atoms with Gasteiger partial charge in [0.2, 0.25) is 5.91 Å². The fraction of sp³-hybridized carbons (Fsp3) is 0.800. The van der Waals surface area contributed by atoms with E-state index in [1.54, 1.807) is 10.9 Å². The minimum absolute atomic E-state index is 0.0149. The van der Waals surface area contributed by atoms with Crippen molar-refractivity contribution >= 4 is 11.6 Å². The molecule has 1 N–H and O–H groups in total. The van der Waals surface area contributed by atoms with Crippen LogP contribution in [0.25, 0.3) is 0 Å². The molecule has 3 heterocycles. The Balaban J connectivity index is 1.33. The molecule has 1 amide bonds. The Kier molecular flexibility index (Phi) is 5.53. The third-order valence-electron chi connectivity index (χ3n) is 6.56. The van der Waals surface area contributed by atoms with Gasteiger partial charge in [0.15, 0.2) is 0 Å².